The number of amides is 2. The van der Waals surface area contributed by atoms with E-state index in [1.807, 2.05) is 24.3 Å². The van der Waals surface area contributed by atoms with Crippen molar-refractivity contribution in [2.24, 2.45) is 0 Å². The number of aromatic nitrogens is 1. The third-order valence-corrected chi connectivity index (χ3v) is 5.78. The molecule has 0 radical (unpaired) electrons. The normalized spacial score (nSPS) is 17.7. The summed E-state index contributed by atoms with van der Waals surface area (Å²) in [7, 11) is 3.36. The Morgan fingerprint density at radius 2 is 2.00 bits per heavy atom. The molecule has 0 bridgehead atoms. The van der Waals surface area contributed by atoms with Gasteiger partial charge in [0.15, 0.2) is 0 Å². The second kappa shape index (κ2) is 7.95. The lowest BCUT2D eigenvalue weighted by Gasteiger charge is -2.38. The van der Waals surface area contributed by atoms with E-state index in [0.717, 1.165) is 10.8 Å². The van der Waals surface area contributed by atoms with Gasteiger partial charge in [0, 0.05) is 54.5 Å². The Labute approximate surface area is 179 Å². The van der Waals surface area contributed by atoms with E-state index in [4.69, 9.17) is 16.3 Å². The molecule has 3 aromatic rings. The van der Waals surface area contributed by atoms with Crippen molar-refractivity contribution < 1.29 is 14.3 Å². The molecule has 0 spiro atoms. The molecule has 2 heterocycles. The summed E-state index contributed by atoms with van der Waals surface area (Å²) < 4.78 is 5.77. The van der Waals surface area contributed by atoms with Crippen LogP contribution < -0.4 is 10.1 Å². The highest BCUT2D eigenvalue weighted by molar-refractivity contribution is 6.30. The van der Waals surface area contributed by atoms with Crippen LogP contribution in [0.1, 0.15) is 18.4 Å². The lowest BCUT2D eigenvalue weighted by Crippen LogP contribution is -2.47. The number of hydrogen-bond donors (Lipinski definition) is 1. The fourth-order valence-electron chi connectivity index (χ4n) is 3.85. The molecule has 1 N–H and O–H groups in total. The fourth-order valence-corrected chi connectivity index (χ4v) is 4.02. The standard InChI is InChI=1S/C23H22ClN3O3/c1-27(2)21(28)12-23(9-10-30-20-8-7-16(24)11-18(20)23)22(29)26-19-14-25-13-15-5-3-4-6-17(15)19/h3-8,11,13-14H,9-10,12H2,1-2H3,(H,26,29)/t23-/m1/s1. The number of carbonyl (C=O) groups is 2. The van der Waals surface area contributed by atoms with Gasteiger partial charge >= 0.3 is 0 Å². The van der Waals surface area contributed by atoms with Crippen LogP contribution in [-0.4, -0.2) is 42.4 Å². The molecule has 0 aliphatic carbocycles. The summed E-state index contributed by atoms with van der Waals surface area (Å²) in [5.74, 6) is 0.153. The van der Waals surface area contributed by atoms with Gasteiger partial charge in [0.05, 0.1) is 23.9 Å². The smallest absolute Gasteiger partial charge is 0.235 e. The second-order valence-corrected chi connectivity index (χ2v) is 8.08. The average molecular weight is 424 g/mol. The Hall–Kier alpha value is -3.12. The maximum Gasteiger partial charge on any atom is 0.235 e. The Morgan fingerprint density at radius 1 is 1.20 bits per heavy atom. The van der Waals surface area contributed by atoms with Crippen molar-refractivity contribution >= 4 is 39.9 Å². The number of anilines is 1. The quantitative estimate of drug-likeness (QED) is 0.687. The number of halogens is 1. The molecular weight excluding hydrogens is 402 g/mol. The zero-order valence-electron chi connectivity index (χ0n) is 16.8. The number of nitrogens with one attached hydrogen (secondary N) is 1. The van der Waals surface area contributed by atoms with Gasteiger partial charge in [-0.2, -0.15) is 0 Å². The van der Waals surface area contributed by atoms with Crippen molar-refractivity contribution in [3.8, 4) is 5.75 Å². The summed E-state index contributed by atoms with van der Waals surface area (Å²) in [5.41, 5.74) is 0.128. The van der Waals surface area contributed by atoms with Gasteiger partial charge in [-0.1, -0.05) is 35.9 Å². The molecule has 30 heavy (non-hydrogen) atoms. The summed E-state index contributed by atoms with van der Waals surface area (Å²) in [6.45, 7) is 0.330. The molecular formula is C23H22ClN3O3. The molecule has 1 atom stereocenters. The van der Waals surface area contributed by atoms with Crippen LogP contribution in [0, 0.1) is 0 Å². The van der Waals surface area contributed by atoms with E-state index in [1.165, 1.54) is 4.90 Å². The minimum atomic E-state index is -1.10. The predicted molar refractivity (Wildman–Crippen MR) is 117 cm³/mol. The van der Waals surface area contributed by atoms with Crippen molar-refractivity contribution in [3.05, 3.63) is 65.4 Å². The highest BCUT2D eigenvalue weighted by atomic mass is 35.5. The van der Waals surface area contributed by atoms with Crippen LogP contribution in [0.3, 0.4) is 0 Å². The first-order chi connectivity index (χ1) is 14.4. The molecule has 1 aliphatic rings. The lowest BCUT2D eigenvalue weighted by molar-refractivity contribution is -0.134. The number of ether oxygens (including phenoxy) is 1. The summed E-state index contributed by atoms with van der Waals surface area (Å²) in [6.07, 6.45) is 3.75. The molecule has 2 aromatic carbocycles. The number of rotatable bonds is 4. The minimum Gasteiger partial charge on any atom is -0.493 e. The average Bonchev–Trinajstić information content (AvgIpc) is 2.74. The predicted octanol–water partition coefficient (Wildman–Crippen LogP) is 4.03. The number of benzene rings is 2. The van der Waals surface area contributed by atoms with Crippen LogP contribution in [0.15, 0.2) is 54.9 Å². The van der Waals surface area contributed by atoms with Gasteiger partial charge in [-0.3, -0.25) is 14.6 Å². The first kappa shape index (κ1) is 20.2. The van der Waals surface area contributed by atoms with Crippen LogP contribution in [0.2, 0.25) is 5.02 Å². The van der Waals surface area contributed by atoms with Crippen molar-refractivity contribution in [1.29, 1.82) is 0 Å². The molecule has 2 amide bonds. The second-order valence-electron chi connectivity index (χ2n) is 7.65. The maximum atomic E-state index is 13.8. The number of hydrogen-bond acceptors (Lipinski definition) is 4. The lowest BCUT2D eigenvalue weighted by atomic mass is 9.72. The Bertz CT molecular complexity index is 1130. The fraction of sp³-hybridized carbons (Fsp3) is 0.261. The van der Waals surface area contributed by atoms with Crippen LogP contribution in [-0.2, 0) is 15.0 Å². The number of carbonyl (C=O) groups excluding carboxylic acids is 2. The maximum absolute atomic E-state index is 13.8. The summed E-state index contributed by atoms with van der Waals surface area (Å²) in [4.78, 5) is 32.2. The highest BCUT2D eigenvalue weighted by Gasteiger charge is 2.46. The van der Waals surface area contributed by atoms with Crippen LogP contribution in [0.4, 0.5) is 5.69 Å². The van der Waals surface area contributed by atoms with Crippen molar-refractivity contribution in [2.45, 2.75) is 18.3 Å². The van der Waals surface area contributed by atoms with E-state index in [1.54, 1.807) is 44.7 Å². The Morgan fingerprint density at radius 3 is 2.80 bits per heavy atom. The molecule has 154 valence electrons. The van der Waals surface area contributed by atoms with E-state index in [-0.39, 0.29) is 18.2 Å². The van der Waals surface area contributed by atoms with E-state index >= 15 is 0 Å². The van der Waals surface area contributed by atoms with Gasteiger partial charge in [-0.15, -0.1) is 0 Å². The Kier molecular flexibility index (Phi) is 5.35. The van der Waals surface area contributed by atoms with E-state index in [2.05, 4.69) is 10.3 Å². The third-order valence-electron chi connectivity index (χ3n) is 5.55. The first-order valence-corrected chi connectivity index (χ1v) is 10.1. The van der Waals surface area contributed by atoms with Gasteiger partial charge in [0.25, 0.3) is 0 Å². The van der Waals surface area contributed by atoms with Gasteiger partial charge in [-0.25, -0.2) is 0 Å². The monoisotopic (exact) mass is 423 g/mol. The largest absolute Gasteiger partial charge is 0.493 e. The molecule has 7 heteroatoms. The molecule has 1 aromatic heterocycles. The van der Waals surface area contributed by atoms with E-state index in [0.29, 0.717) is 35.1 Å². The molecule has 0 unspecified atom stereocenters. The summed E-state index contributed by atoms with van der Waals surface area (Å²) >= 11 is 6.25. The number of fused-ring (bicyclic) bond motifs is 2. The third kappa shape index (κ3) is 3.59. The van der Waals surface area contributed by atoms with Gasteiger partial charge in [0.2, 0.25) is 11.8 Å². The molecule has 6 nitrogen and oxygen atoms in total. The Balaban J connectivity index is 1.80. The van der Waals surface area contributed by atoms with Gasteiger partial charge < -0.3 is 15.0 Å². The van der Waals surface area contributed by atoms with Gasteiger partial charge in [0.1, 0.15) is 5.75 Å². The molecule has 0 saturated heterocycles. The minimum absolute atomic E-state index is 0.0146. The highest BCUT2D eigenvalue weighted by Crippen LogP contribution is 2.44. The molecule has 1 aliphatic heterocycles. The summed E-state index contributed by atoms with van der Waals surface area (Å²) in [6, 6.07) is 12.9. The SMILES string of the molecule is CN(C)C(=O)C[C@]1(C(=O)Nc2cncc3ccccc23)CCOc2ccc(Cl)cc21. The molecule has 0 saturated carbocycles. The number of nitrogens with zero attached hydrogens (tertiary/aromatic N) is 2. The van der Waals surface area contributed by atoms with Crippen molar-refractivity contribution in [1.82, 2.24) is 9.88 Å². The van der Waals surface area contributed by atoms with Crippen molar-refractivity contribution in [2.75, 3.05) is 26.0 Å². The first-order valence-electron chi connectivity index (χ1n) is 9.68. The van der Waals surface area contributed by atoms with Crippen LogP contribution in [0.25, 0.3) is 10.8 Å². The topological polar surface area (TPSA) is 71.5 Å². The van der Waals surface area contributed by atoms with Crippen molar-refractivity contribution in [3.63, 3.8) is 0 Å². The van der Waals surface area contributed by atoms with Crippen LogP contribution >= 0.6 is 11.6 Å². The van der Waals surface area contributed by atoms with E-state index in [9.17, 15) is 9.59 Å². The van der Waals surface area contributed by atoms with Gasteiger partial charge in [-0.05, 0) is 18.2 Å². The number of pyridine rings is 1. The molecule has 4 rings (SSSR count). The van der Waals surface area contributed by atoms with E-state index < -0.39 is 5.41 Å². The zero-order valence-corrected chi connectivity index (χ0v) is 17.6. The zero-order chi connectivity index (χ0) is 21.3. The summed E-state index contributed by atoms with van der Waals surface area (Å²) in [5, 5.41) is 5.32. The van der Waals surface area contributed by atoms with Crippen LogP contribution in [0.5, 0.6) is 5.75 Å². The molecule has 0 fully saturated rings.